The SMILES string of the molecule is Cc1cc(C(C)C)cc2c1nc(C)n2C(C)C. The Kier molecular flexibility index (Phi) is 2.98. The van der Waals surface area contributed by atoms with Crippen LogP contribution in [0.4, 0.5) is 0 Å². The van der Waals surface area contributed by atoms with E-state index in [0.717, 1.165) is 11.3 Å². The molecule has 2 heteroatoms. The quantitative estimate of drug-likeness (QED) is 0.749. The molecule has 0 radical (unpaired) electrons. The van der Waals surface area contributed by atoms with E-state index in [1.165, 1.54) is 16.6 Å². The van der Waals surface area contributed by atoms with Crippen molar-refractivity contribution in [3.05, 3.63) is 29.1 Å². The molecule has 1 aromatic carbocycles. The van der Waals surface area contributed by atoms with E-state index in [1.54, 1.807) is 0 Å². The van der Waals surface area contributed by atoms with Crippen molar-refractivity contribution in [3.63, 3.8) is 0 Å². The summed E-state index contributed by atoms with van der Waals surface area (Å²) in [7, 11) is 0. The third-order valence-electron chi connectivity index (χ3n) is 3.37. The lowest BCUT2D eigenvalue weighted by Gasteiger charge is -2.13. The molecular weight excluding hydrogens is 208 g/mol. The third kappa shape index (κ3) is 1.97. The van der Waals surface area contributed by atoms with Crippen molar-refractivity contribution in [2.75, 3.05) is 0 Å². The van der Waals surface area contributed by atoms with E-state index in [-0.39, 0.29) is 0 Å². The van der Waals surface area contributed by atoms with Crippen LogP contribution >= 0.6 is 0 Å². The van der Waals surface area contributed by atoms with Crippen LogP contribution in [0.15, 0.2) is 12.1 Å². The van der Waals surface area contributed by atoms with Gasteiger partial charge in [-0.2, -0.15) is 0 Å². The second kappa shape index (κ2) is 4.17. The van der Waals surface area contributed by atoms with Crippen LogP contribution in [0.25, 0.3) is 11.0 Å². The summed E-state index contributed by atoms with van der Waals surface area (Å²) in [5, 5.41) is 0. The number of aromatic nitrogens is 2. The molecule has 0 aliphatic carbocycles. The minimum atomic E-state index is 0.460. The van der Waals surface area contributed by atoms with Crippen molar-refractivity contribution in [1.29, 1.82) is 0 Å². The Labute approximate surface area is 104 Å². The molecule has 0 aliphatic rings. The Morgan fingerprint density at radius 3 is 2.24 bits per heavy atom. The first-order chi connectivity index (χ1) is 7.91. The zero-order valence-corrected chi connectivity index (χ0v) is 11.7. The monoisotopic (exact) mass is 230 g/mol. The number of rotatable bonds is 2. The van der Waals surface area contributed by atoms with E-state index in [1.807, 2.05) is 0 Å². The van der Waals surface area contributed by atoms with Crippen LogP contribution in [0.3, 0.4) is 0 Å². The van der Waals surface area contributed by atoms with E-state index in [0.29, 0.717) is 12.0 Å². The Balaban J connectivity index is 2.79. The predicted octanol–water partition coefficient (Wildman–Crippen LogP) is 4.36. The molecule has 2 rings (SSSR count). The lowest BCUT2D eigenvalue weighted by Crippen LogP contribution is -2.03. The molecule has 0 spiro atoms. The van der Waals surface area contributed by atoms with Crippen LogP contribution in [-0.2, 0) is 0 Å². The Morgan fingerprint density at radius 1 is 1.06 bits per heavy atom. The van der Waals surface area contributed by atoms with Gasteiger partial charge in [-0.25, -0.2) is 4.98 Å². The summed E-state index contributed by atoms with van der Waals surface area (Å²) in [4.78, 5) is 4.70. The summed E-state index contributed by atoms with van der Waals surface area (Å²) in [5.41, 5.74) is 5.12. The van der Waals surface area contributed by atoms with Crippen molar-refractivity contribution in [3.8, 4) is 0 Å². The molecule has 0 unspecified atom stereocenters. The lowest BCUT2D eigenvalue weighted by atomic mass is 10.00. The predicted molar refractivity (Wildman–Crippen MR) is 73.7 cm³/mol. The van der Waals surface area contributed by atoms with Gasteiger partial charge in [0.2, 0.25) is 0 Å². The maximum atomic E-state index is 4.70. The van der Waals surface area contributed by atoms with Crippen molar-refractivity contribution in [2.45, 2.75) is 53.5 Å². The Morgan fingerprint density at radius 2 is 1.71 bits per heavy atom. The van der Waals surface area contributed by atoms with Gasteiger partial charge < -0.3 is 4.57 Å². The molecule has 0 bridgehead atoms. The largest absolute Gasteiger partial charge is 0.326 e. The number of hydrogen-bond acceptors (Lipinski definition) is 1. The highest BCUT2D eigenvalue weighted by molar-refractivity contribution is 5.80. The van der Waals surface area contributed by atoms with Crippen LogP contribution in [0.1, 0.15) is 56.6 Å². The van der Waals surface area contributed by atoms with Crippen molar-refractivity contribution in [2.24, 2.45) is 0 Å². The molecule has 0 saturated heterocycles. The first kappa shape index (κ1) is 12.2. The van der Waals surface area contributed by atoms with Gasteiger partial charge in [-0.15, -0.1) is 0 Å². The molecule has 1 aromatic heterocycles. The van der Waals surface area contributed by atoms with Crippen LogP contribution in [0.5, 0.6) is 0 Å². The molecule has 0 fully saturated rings. The topological polar surface area (TPSA) is 17.8 Å². The molecule has 0 amide bonds. The standard InChI is InChI=1S/C15H22N2/c1-9(2)13-7-11(5)15-14(8-13)17(10(3)4)12(6)16-15/h7-10H,1-6H3. The van der Waals surface area contributed by atoms with Gasteiger partial charge in [0.1, 0.15) is 5.82 Å². The van der Waals surface area contributed by atoms with Gasteiger partial charge in [0, 0.05) is 6.04 Å². The van der Waals surface area contributed by atoms with Crippen molar-refractivity contribution >= 4 is 11.0 Å². The van der Waals surface area contributed by atoms with E-state index >= 15 is 0 Å². The summed E-state index contributed by atoms with van der Waals surface area (Å²) < 4.78 is 2.33. The number of fused-ring (bicyclic) bond motifs is 1. The Bertz CT molecular complexity index is 548. The minimum absolute atomic E-state index is 0.460. The van der Waals surface area contributed by atoms with Gasteiger partial charge in [0.15, 0.2) is 0 Å². The molecular formula is C15H22N2. The highest BCUT2D eigenvalue weighted by Crippen LogP contribution is 2.27. The number of nitrogens with zero attached hydrogens (tertiary/aromatic N) is 2. The maximum absolute atomic E-state index is 4.70. The Hall–Kier alpha value is -1.31. The molecule has 17 heavy (non-hydrogen) atoms. The van der Waals surface area contributed by atoms with Gasteiger partial charge in [-0.05, 0) is 50.8 Å². The fraction of sp³-hybridized carbons (Fsp3) is 0.533. The zero-order chi connectivity index (χ0) is 12.7. The molecule has 92 valence electrons. The van der Waals surface area contributed by atoms with Gasteiger partial charge >= 0.3 is 0 Å². The number of imidazole rings is 1. The second-order valence-corrected chi connectivity index (χ2v) is 5.48. The molecule has 2 nitrogen and oxygen atoms in total. The fourth-order valence-corrected chi connectivity index (χ4v) is 2.49. The number of benzene rings is 1. The number of hydrogen-bond donors (Lipinski definition) is 0. The summed E-state index contributed by atoms with van der Waals surface area (Å²) in [6.07, 6.45) is 0. The molecule has 0 aliphatic heterocycles. The summed E-state index contributed by atoms with van der Waals surface area (Å²) >= 11 is 0. The van der Waals surface area contributed by atoms with E-state index in [2.05, 4.69) is 58.2 Å². The van der Waals surface area contributed by atoms with E-state index < -0.39 is 0 Å². The first-order valence-corrected chi connectivity index (χ1v) is 6.41. The normalized spacial score (nSPS) is 12.0. The molecule has 2 aromatic rings. The molecule has 0 N–H and O–H groups in total. The van der Waals surface area contributed by atoms with Crippen LogP contribution in [-0.4, -0.2) is 9.55 Å². The molecule has 1 heterocycles. The van der Waals surface area contributed by atoms with Gasteiger partial charge in [0.25, 0.3) is 0 Å². The van der Waals surface area contributed by atoms with Crippen molar-refractivity contribution in [1.82, 2.24) is 9.55 Å². The summed E-state index contributed by atoms with van der Waals surface area (Å²) in [6.45, 7) is 13.2. The van der Waals surface area contributed by atoms with Crippen molar-refractivity contribution < 1.29 is 0 Å². The highest BCUT2D eigenvalue weighted by Gasteiger charge is 2.13. The zero-order valence-electron chi connectivity index (χ0n) is 11.7. The van der Waals surface area contributed by atoms with Gasteiger partial charge in [0.05, 0.1) is 11.0 Å². The van der Waals surface area contributed by atoms with E-state index in [9.17, 15) is 0 Å². The van der Waals surface area contributed by atoms with Gasteiger partial charge in [-0.3, -0.25) is 0 Å². The highest BCUT2D eigenvalue weighted by atomic mass is 15.1. The third-order valence-corrected chi connectivity index (χ3v) is 3.37. The second-order valence-electron chi connectivity index (χ2n) is 5.48. The summed E-state index contributed by atoms with van der Waals surface area (Å²) in [5.74, 6) is 1.67. The lowest BCUT2D eigenvalue weighted by molar-refractivity contribution is 0.599. The molecule has 0 atom stereocenters. The van der Waals surface area contributed by atoms with Crippen LogP contribution < -0.4 is 0 Å². The van der Waals surface area contributed by atoms with Gasteiger partial charge in [-0.1, -0.05) is 19.9 Å². The molecule has 0 saturated carbocycles. The summed E-state index contributed by atoms with van der Waals surface area (Å²) in [6, 6.07) is 5.03. The van der Waals surface area contributed by atoms with Crippen LogP contribution in [0.2, 0.25) is 0 Å². The maximum Gasteiger partial charge on any atom is 0.106 e. The number of aryl methyl sites for hydroxylation is 2. The first-order valence-electron chi connectivity index (χ1n) is 6.41. The van der Waals surface area contributed by atoms with E-state index in [4.69, 9.17) is 4.98 Å². The average Bonchev–Trinajstić information content (AvgIpc) is 2.54. The smallest absolute Gasteiger partial charge is 0.106 e. The minimum Gasteiger partial charge on any atom is -0.326 e. The van der Waals surface area contributed by atoms with Crippen LogP contribution in [0, 0.1) is 13.8 Å². The fourth-order valence-electron chi connectivity index (χ4n) is 2.49. The average molecular weight is 230 g/mol.